The molecule has 0 radical (unpaired) electrons. The molecule has 3 aromatic rings. The smallest absolute Gasteiger partial charge is 0.317 e. The molecule has 3 aromatic carbocycles. The second-order valence-electron chi connectivity index (χ2n) is 8.51. The lowest BCUT2D eigenvalue weighted by Gasteiger charge is -2.38. The van der Waals surface area contributed by atoms with Gasteiger partial charge in [-0.3, -0.25) is 4.79 Å². The Kier molecular flexibility index (Phi) is 6.54. The van der Waals surface area contributed by atoms with E-state index in [1.807, 2.05) is 24.3 Å². The number of fused-ring (bicyclic) bond motifs is 1. The minimum absolute atomic E-state index is 0.0390. The van der Waals surface area contributed by atoms with Gasteiger partial charge in [0.05, 0.1) is 13.7 Å². The molecule has 0 saturated heterocycles. The number of rotatable bonds is 8. The van der Waals surface area contributed by atoms with Gasteiger partial charge in [-0.1, -0.05) is 61.0 Å². The van der Waals surface area contributed by atoms with Crippen molar-refractivity contribution in [1.82, 2.24) is 5.32 Å². The molecule has 2 atom stereocenters. The van der Waals surface area contributed by atoms with Gasteiger partial charge in [0.15, 0.2) is 0 Å². The van der Waals surface area contributed by atoms with Crippen molar-refractivity contribution in [3.8, 4) is 16.9 Å². The van der Waals surface area contributed by atoms with E-state index in [1.165, 1.54) is 16.7 Å². The lowest BCUT2D eigenvalue weighted by Crippen LogP contribution is -2.40. The van der Waals surface area contributed by atoms with E-state index in [0.29, 0.717) is 6.54 Å². The zero-order valence-electron chi connectivity index (χ0n) is 18.4. The van der Waals surface area contributed by atoms with Gasteiger partial charge in [-0.25, -0.2) is 0 Å². The number of methoxy groups -OCH3 is 1. The summed E-state index contributed by atoms with van der Waals surface area (Å²) in [4.78, 5) is 11.0. The Morgan fingerprint density at radius 2 is 1.91 bits per heavy atom. The Labute approximate surface area is 194 Å². The maximum Gasteiger partial charge on any atom is 0.317 e. The van der Waals surface area contributed by atoms with Crippen LogP contribution in [0.1, 0.15) is 30.0 Å². The molecule has 0 saturated carbocycles. The molecule has 1 aliphatic carbocycles. The van der Waals surface area contributed by atoms with Crippen LogP contribution in [0.2, 0.25) is 5.02 Å². The van der Waals surface area contributed by atoms with E-state index in [-0.39, 0.29) is 17.9 Å². The molecule has 0 aliphatic heterocycles. The van der Waals surface area contributed by atoms with Crippen LogP contribution in [-0.2, 0) is 16.6 Å². The molecule has 0 heterocycles. The first-order valence-corrected chi connectivity index (χ1v) is 11.3. The normalized spacial score (nSPS) is 18.2. The molecule has 32 heavy (non-hydrogen) atoms. The van der Waals surface area contributed by atoms with E-state index in [4.69, 9.17) is 21.4 Å². The highest BCUT2D eigenvalue weighted by atomic mass is 35.5. The summed E-state index contributed by atoms with van der Waals surface area (Å²) in [6.07, 6.45) is 1.92. The van der Waals surface area contributed by atoms with Crippen LogP contribution in [0, 0.1) is 5.92 Å². The predicted molar refractivity (Wildman–Crippen MR) is 129 cm³/mol. The Balaban J connectivity index is 1.72. The highest BCUT2D eigenvalue weighted by Gasteiger charge is 2.44. The van der Waals surface area contributed by atoms with Gasteiger partial charge in [0, 0.05) is 10.4 Å². The maximum atomic E-state index is 11.0. The number of carboxylic acids is 1. The van der Waals surface area contributed by atoms with Crippen molar-refractivity contribution in [3.05, 3.63) is 88.4 Å². The molecule has 0 aromatic heterocycles. The van der Waals surface area contributed by atoms with Crippen molar-refractivity contribution >= 4 is 17.6 Å². The van der Waals surface area contributed by atoms with Gasteiger partial charge in [-0.2, -0.15) is 0 Å². The fraction of sp³-hybridized carbons (Fsp3) is 0.296. The van der Waals surface area contributed by atoms with E-state index in [2.05, 4.69) is 54.7 Å². The summed E-state index contributed by atoms with van der Waals surface area (Å²) < 4.78 is 5.37. The first-order chi connectivity index (χ1) is 15.4. The summed E-state index contributed by atoms with van der Waals surface area (Å²) in [7, 11) is 1.68. The summed E-state index contributed by atoms with van der Waals surface area (Å²) in [6.45, 7) is 2.78. The van der Waals surface area contributed by atoms with Crippen LogP contribution >= 0.6 is 11.6 Å². The first-order valence-electron chi connectivity index (χ1n) is 10.9. The van der Waals surface area contributed by atoms with Crippen molar-refractivity contribution in [2.24, 2.45) is 5.92 Å². The molecule has 4 nitrogen and oxygen atoms in total. The molecule has 4 rings (SSSR count). The van der Waals surface area contributed by atoms with Gasteiger partial charge < -0.3 is 15.2 Å². The first kappa shape index (κ1) is 22.4. The standard InChI is InChI=1S/C27H28ClNO3/c1-18(16-29-17-26(30)31)27(13-12-21-14-23(28)10-11-25(21)27)22-8-6-19(7-9-22)20-4-3-5-24(15-20)32-2/h3-11,14-15,18,29H,12-13,16-17H2,1-2H3,(H,30,31). The Morgan fingerprint density at radius 1 is 1.12 bits per heavy atom. The van der Waals surface area contributed by atoms with E-state index >= 15 is 0 Å². The van der Waals surface area contributed by atoms with Crippen molar-refractivity contribution in [2.45, 2.75) is 25.2 Å². The van der Waals surface area contributed by atoms with E-state index in [9.17, 15) is 4.79 Å². The lowest BCUT2D eigenvalue weighted by molar-refractivity contribution is -0.136. The van der Waals surface area contributed by atoms with E-state index < -0.39 is 5.97 Å². The highest BCUT2D eigenvalue weighted by Crippen LogP contribution is 2.50. The number of aryl methyl sites for hydroxylation is 1. The third kappa shape index (κ3) is 4.25. The number of hydrogen-bond donors (Lipinski definition) is 2. The SMILES string of the molecule is COc1cccc(-c2ccc(C3(C(C)CNCC(=O)O)CCc4cc(Cl)ccc43)cc2)c1. The quantitative estimate of drug-likeness (QED) is 0.472. The van der Waals surface area contributed by atoms with Crippen LogP contribution in [0.5, 0.6) is 5.75 Å². The lowest BCUT2D eigenvalue weighted by atomic mass is 9.67. The Morgan fingerprint density at radius 3 is 2.62 bits per heavy atom. The number of nitrogens with one attached hydrogen (secondary N) is 1. The van der Waals surface area contributed by atoms with Crippen LogP contribution in [-0.4, -0.2) is 31.3 Å². The minimum atomic E-state index is -0.840. The third-order valence-electron chi connectivity index (χ3n) is 6.71. The molecule has 0 bridgehead atoms. The van der Waals surface area contributed by atoms with Gasteiger partial charge in [-0.05, 0) is 77.4 Å². The molecule has 2 unspecified atom stereocenters. The molecule has 0 spiro atoms. The number of carbonyl (C=O) groups is 1. The fourth-order valence-corrected chi connectivity index (χ4v) is 5.29. The molecule has 5 heteroatoms. The number of hydrogen-bond acceptors (Lipinski definition) is 3. The van der Waals surface area contributed by atoms with Gasteiger partial charge in [0.25, 0.3) is 0 Å². The van der Waals surface area contributed by atoms with Crippen LogP contribution in [0.25, 0.3) is 11.1 Å². The fourth-order valence-electron chi connectivity index (χ4n) is 5.10. The molecule has 0 fully saturated rings. The molecule has 1 aliphatic rings. The van der Waals surface area contributed by atoms with Crippen molar-refractivity contribution in [1.29, 1.82) is 0 Å². The maximum absolute atomic E-state index is 11.0. The third-order valence-corrected chi connectivity index (χ3v) is 6.94. The van der Waals surface area contributed by atoms with Crippen LogP contribution in [0.15, 0.2) is 66.7 Å². The summed E-state index contributed by atoms with van der Waals surface area (Å²) in [5.74, 6) is 0.196. The van der Waals surface area contributed by atoms with Gasteiger partial charge in [0.2, 0.25) is 0 Å². The summed E-state index contributed by atoms with van der Waals surface area (Å²) >= 11 is 6.29. The Hall–Kier alpha value is -2.82. The second kappa shape index (κ2) is 9.35. The number of aliphatic carboxylic acids is 1. The summed E-state index contributed by atoms with van der Waals surface area (Å²) in [5, 5.41) is 12.9. The summed E-state index contributed by atoms with van der Waals surface area (Å²) in [6, 6.07) is 23.0. The van der Waals surface area contributed by atoms with Crippen molar-refractivity contribution in [2.75, 3.05) is 20.2 Å². The number of halogens is 1. The predicted octanol–water partition coefficient (Wildman–Crippen LogP) is 5.56. The van der Waals surface area contributed by atoms with Gasteiger partial charge in [-0.15, -0.1) is 0 Å². The monoisotopic (exact) mass is 449 g/mol. The average molecular weight is 450 g/mol. The molecular formula is C27H28ClNO3. The van der Waals surface area contributed by atoms with Crippen LogP contribution in [0.4, 0.5) is 0 Å². The molecular weight excluding hydrogens is 422 g/mol. The van der Waals surface area contributed by atoms with Crippen LogP contribution < -0.4 is 10.1 Å². The van der Waals surface area contributed by atoms with Crippen molar-refractivity contribution < 1.29 is 14.6 Å². The Bertz CT molecular complexity index is 1110. The minimum Gasteiger partial charge on any atom is -0.497 e. The second-order valence-corrected chi connectivity index (χ2v) is 8.94. The number of ether oxygens (including phenoxy) is 1. The summed E-state index contributed by atoms with van der Waals surface area (Å²) in [5.41, 5.74) is 5.86. The highest BCUT2D eigenvalue weighted by molar-refractivity contribution is 6.30. The van der Waals surface area contributed by atoms with Gasteiger partial charge >= 0.3 is 5.97 Å². The number of benzene rings is 3. The van der Waals surface area contributed by atoms with Gasteiger partial charge in [0.1, 0.15) is 5.75 Å². The van der Waals surface area contributed by atoms with Crippen molar-refractivity contribution in [3.63, 3.8) is 0 Å². The molecule has 2 N–H and O–H groups in total. The van der Waals surface area contributed by atoms with Crippen LogP contribution in [0.3, 0.4) is 0 Å². The largest absolute Gasteiger partial charge is 0.497 e. The average Bonchev–Trinajstić information content (AvgIpc) is 3.18. The molecule has 0 amide bonds. The topological polar surface area (TPSA) is 58.6 Å². The molecule has 166 valence electrons. The van der Waals surface area contributed by atoms with E-state index in [1.54, 1.807) is 7.11 Å². The number of carboxylic acid groups (broad SMARTS) is 1. The van der Waals surface area contributed by atoms with E-state index in [0.717, 1.165) is 34.7 Å². The zero-order chi connectivity index (χ0) is 22.7. The zero-order valence-corrected chi connectivity index (χ0v) is 19.2.